The second-order valence-electron chi connectivity index (χ2n) is 6.27. The second kappa shape index (κ2) is 9.91. The Labute approximate surface area is 157 Å². The summed E-state index contributed by atoms with van der Waals surface area (Å²) in [5.74, 6) is -1.46. The van der Waals surface area contributed by atoms with Gasteiger partial charge >= 0.3 is 11.9 Å². The summed E-state index contributed by atoms with van der Waals surface area (Å²) in [7, 11) is -4.18. The molecule has 0 heterocycles. The topological polar surface area (TPSA) is 145 Å². The summed E-state index contributed by atoms with van der Waals surface area (Å²) in [6.07, 6.45) is 0.376. The van der Waals surface area contributed by atoms with Crippen molar-refractivity contribution >= 4 is 22.1 Å². The normalized spacial score (nSPS) is 11.4. The smallest absolute Gasteiger partial charge is 0.338 e. The van der Waals surface area contributed by atoms with Gasteiger partial charge in [0.25, 0.3) is 10.1 Å². The van der Waals surface area contributed by atoms with Gasteiger partial charge in [-0.05, 0) is 57.0 Å². The van der Waals surface area contributed by atoms with Crippen molar-refractivity contribution in [2.24, 2.45) is 5.11 Å². The molecular formula is C16H21N3O7S. The van der Waals surface area contributed by atoms with Crippen molar-refractivity contribution in [1.82, 2.24) is 0 Å². The van der Waals surface area contributed by atoms with Gasteiger partial charge in [0.15, 0.2) is 6.61 Å². The van der Waals surface area contributed by atoms with E-state index < -0.39 is 34.3 Å². The summed E-state index contributed by atoms with van der Waals surface area (Å²) in [6.45, 7) is 4.46. The molecule has 0 aliphatic carbocycles. The molecular weight excluding hydrogens is 378 g/mol. The van der Waals surface area contributed by atoms with Crippen LogP contribution in [0.5, 0.6) is 0 Å². The monoisotopic (exact) mass is 399 g/mol. The number of benzene rings is 1. The fourth-order valence-corrected chi connectivity index (χ4v) is 2.61. The van der Waals surface area contributed by atoms with E-state index in [4.69, 9.17) is 15.0 Å². The number of carbonyl (C=O) groups excluding carboxylic acids is 2. The maximum Gasteiger partial charge on any atom is 0.338 e. The van der Waals surface area contributed by atoms with E-state index in [1.165, 1.54) is 24.3 Å². The van der Waals surface area contributed by atoms with Crippen LogP contribution in [0.4, 0.5) is 0 Å². The number of rotatable bonds is 9. The lowest BCUT2D eigenvalue weighted by Crippen LogP contribution is -2.27. The first-order valence-electron chi connectivity index (χ1n) is 7.94. The van der Waals surface area contributed by atoms with Crippen molar-refractivity contribution in [2.75, 3.05) is 19.8 Å². The van der Waals surface area contributed by atoms with Gasteiger partial charge < -0.3 is 9.47 Å². The average molecular weight is 399 g/mol. The van der Waals surface area contributed by atoms with Crippen molar-refractivity contribution in [3.63, 3.8) is 0 Å². The zero-order valence-corrected chi connectivity index (χ0v) is 16.1. The van der Waals surface area contributed by atoms with E-state index in [9.17, 15) is 18.0 Å². The SMILES string of the molecule is CC(C)(C)OC(=O)COS(=O)(=O)c1ccc(C(=O)OCCCN=[N+]=[N-])cc1. The van der Waals surface area contributed by atoms with Crippen molar-refractivity contribution in [2.45, 2.75) is 37.7 Å². The summed E-state index contributed by atoms with van der Waals surface area (Å²) >= 11 is 0. The molecule has 0 unspecified atom stereocenters. The van der Waals surface area contributed by atoms with Gasteiger partial charge in [-0.3, -0.25) is 4.18 Å². The molecule has 1 aromatic rings. The Hall–Kier alpha value is -2.62. The van der Waals surface area contributed by atoms with Gasteiger partial charge in [-0.1, -0.05) is 5.11 Å². The number of carbonyl (C=O) groups is 2. The van der Waals surface area contributed by atoms with Gasteiger partial charge in [-0.25, -0.2) is 9.59 Å². The first kappa shape index (κ1) is 22.4. The van der Waals surface area contributed by atoms with E-state index in [0.29, 0.717) is 6.42 Å². The van der Waals surface area contributed by atoms with Crippen LogP contribution in [0.15, 0.2) is 34.3 Å². The minimum absolute atomic E-state index is 0.0664. The first-order valence-corrected chi connectivity index (χ1v) is 9.35. The highest BCUT2D eigenvalue weighted by atomic mass is 32.2. The van der Waals surface area contributed by atoms with Gasteiger partial charge in [-0.2, -0.15) is 8.42 Å². The molecule has 1 aromatic carbocycles. The van der Waals surface area contributed by atoms with Crippen LogP contribution in [0.2, 0.25) is 0 Å². The Kier molecular flexibility index (Phi) is 8.23. The van der Waals surface area contributed by atoms with Gasteiger partial charge in [0, 0.05) is 11.5 Å². The Balaban J connectivity index is 2.62. The molecule has 0 saturated heterocycles. The van der Waals surface area contributed by atoms with Crippen LogP contribution < -0.4 is 0 Å². The zero-order chi connectivity index (χ0) is 20.5. The number of azide groups is 1. The van der Waals surface area contributed by atoms with Gasteiger partial charge in [0.2, 0.25) is 0 Å². The maximum atomic E-state index is 12.1. The third kappa shape index (κ3) is 8.54. The third-order valence-corrected chi connectivity index (χ3v) is 4.11. The number of ether oxygens (including phenoxy) is 2. The van der Waals surface area contributed by atoms with Gasteiger partial charge in [0.05, 0.1) is 17.1 Å². The van der Waals surface area contributed by atoms with Crippen molar-refractivity contribution in [3.05, 3.63) is 40.3 Å². The zero-order valence-electron chi connectivity index (χ0n) is 15.2. The van der Waals surface area contributed by atoms with E-state index in [1.54, 1.807) is 20.8 Å². The lowest BCUT2D eigenvalue weighted by Gasteiger charge is -2.19. The van der Waals surface area contributed by atoms with Crippen LogP contribution in [0, 0.1) is 0 Å². The molecule has 0 fully saturated rings. The van der Waals surface area contributed by atoms with Crippen LogP contribution >= 0.6 is 0 Å². The predicted octanol–water partition coefficient (Wildman–Crippen LogP) is 2.59. The lowest BCUT2D eigenvalue weighted by atomic mass is 10.2. The quantitative estimate of drug-likeness (QED) is 0.155. The fourth-order valence-electron chi connectivity index (χ4n) is 1.75. The molecule has 27 heavy (non-hydrogen) atoms. The summed E-state index contributed by atoms with van der Waals surface area (Å²) in [5.41, 5.74) is 7.51. The van der Waals surface area contributed by atoms with E-state index in [1.807, 2.05) is 0 Å². The van der Waals surface area contributed by atoms with Crippen LogP contribution in [0.3, 0.4) is 0 Å². The molecule has 0 bridgehead atoms. The van der Waals surface area contributed by atoms with E-state index >= 15 is 0 Å². The largest absolute Gasteiger partial charge is 0.462 e. The molecule has 0 atom stereocenters. The maximum absolute atomic E-state index is 12.1. The summed E-state index contributed by atoms with van der Waals surface area (Å²) in [4.78, 5) is 25.7. The summed E-state index contributed by atoms with van der Waals surface area (Å²) in [5, 5.41) is 3.31. The molecule has 0 aliphatic heterocycles. The first-order chi connectivity index (χ1) is 12.5. The molecule has 0 amide bonds. The highest BCUT2D eigenvalue weighted by molar-refractivity contribution is 7.86. The Morgan fingerprint density at radius 1 is 1.19 bits per heavy atom. The minimum atomic E-state index is -4.18. The number of hydrogen-bond donors (Lipinski definition) is 0. The summed E-state index contributed by atoms with van der Waals surface area (Å²) < 4.78 is 38.7. The number of esters is 2. The molecule has 0 aliphatic rings. The average Bonchev–Trinajstić information content (AvgIpc) is 2.58. The molecule has 1 rings (SSSR count). The van der Waals surface area contributed by atoms with Crippen molar-refractivity contribution < 1.29 is 31.7 Å². The van der Waals surface area contributed by atoms with Gasteiger partial charge in [-0.15, -0.1) is 0 Å². The molecule has 0 saturated carbocycles. The number of nitrogens with zero attached hydrogens (tertiary/aromatic N) is 3. The number of hydrogen-bond acceptors (Lipinski definition) is 8. The predicted molar refractivity (Wildman–Crippen MR) is 94.3 cm³/mol. The summed E-state index contributed by atoms with van der Waals surface area (Å²) in [6, 6.07) is 4.86. The molecule has 0 radical (unpaired) electrons. The van der Waals surface area contributed by atoms with Crippen molar-refractivity contribution in [1.29, 1.82) is 0 Å². The highest BCUT2D eigenvalue weighted by Gasteiger charge is 2.21. The van der Waals surface area contributed by atoms with E-state index in [0.717, 1.165) is 0 Å². The minimum Gasteiger partial charge on any atom is -0.462 e. The molecule has 148 valence electrons. The standard InChI is InChI=1S/C16H21N3O7S/c1-16(2,3)26-14(20)11-25-27(22,23)13-7-5-12(6-8-13)15(21)24-10-4-9-18-19-17/h5-8H,4,9-11H2,1-3H3. The van der Waals surface area contributed by atoms with Crippen LogP contribution in [0.1, 0.15) is 37.6 Å². The van der Waals surface area contributed by atoms with Crippen LogP contribution in [-0.4, -0.2) is 45.7 Å². The van der Waals surface area contributed by atoms with E-state index in [2.05, 4.69) is 14.2 Å². The van der Waals surface area contributed by atoms with E-state index in [-0.39, 0.29) is 23.6 Å². The molecule has 10 nitrogen and oxygen atoms in total. The molecule has 11 heteroatoms. The van der Waals surface area contributed by atoms with Crippen LogP contribution in [-0.2, 0) is 28.6 Å². The Morgan fingerprint density at radius 2 is 1.81 bits per heavy atom. The highest BCUT2D eigenvalue weighted by Crippen LogP contribution is 2.15. The molecule has 0 N–H and O–H groups in total. The van der Waals surface area contributed by atoms with Gasteiger partial charge in [0.1, 0.15) is 5.60 Å². The lowest BCUT2D eigenvalue weighted by molar-refractivity contribution is -0.157. The Bertz CT molecular complexity index is 807. The molecule has 0 spiro atoms. The molecule has 0 aromatic heterocycles. The Morgan fingerprint density at radius 3 is 2.37 bits per heavy atom. The second-order valence-corrected chi connectivity index (χ2v) is 7.89. The fraction of sp³-hybridized carbons (Fsp3) is 0.500. The van der Waals surface area contributed by atoms with Crippen LogP contribution in [0.25, 0.3) is 10.4 Å². The third-order valence-electron chi connectivity index (χ3n) is 2.83. The van der Waals surface area contributed by atoms with Crippen molar-refractivity contribution in [3.8, 4) is 0 Å².